The molecule has 2 aliphatic heterocycles. The number of piperidine rings is 1. The van der Waals surface area contributed by atoms with Crippen LogP contribution in [-0.4, -0.2) is 94.3 Å². The van der Waals surface area contributed by atoms with Crippen molar-refractivity contribution in [2.24, 2.45) is 11.8 Å². The highest BCUT2D eigenvalue weighted by atomic mass is 16.6. The molecule has 0 spiro atoms. The Morgan fingerprint density at radius 1 is 0.902 bits per heavy atom. The van der Waals surface area contributed by atoms with Crippen LogP contribution in [0.4, 0.5) is 0 Å². The van der Waals surface area contributed by atoms with Crippen molar-refractivity contribution in [2.75, 3.05) is 20.1 Å². The van der Waals surface area contributed by atoms with E-state index in [1.54, 1.807) is 23.8 Å². The molecule has 3 amide bonds. The molecule has 0 saturated carbocycles. The van der Waals surface area contributed by atoms with Gasteiger partial charge in [0, 0.05) is 25.2 Å². The molecule has 4 atom stereocenters. The van der Waals surface area contributed by atoms with Gasteiger partial charge in [0.2, 0.25) is 17.7 Å². The average Bonchev–Trinajstić information content (AvgIpc) is 3.37. The lowest BCUT2D eigenvalue weighted by molar-refractivity contribution is -0.162. The number of rotatable bonds is 10. The van der Waals surface area contributed by atoms with Gasteiger partial charge in [-0.3, -0.25) is 19.3 Å². The molecule has 2 saturated heterocycles. The number of hydrogen-bond acceptors (Lipinski definition) is 6. The van der Waals surface area contributed by atoms with Crippen LogP contribution < -0.4 is 5.32 Å². The summed E-state index contributed by atoms with van der Waals surface area (Å²) in [4.78, 5) is 59.1. The van der Waals surface area contributed by atoms with E-state index in [9.17, 15) is 19.2 Å². The van der Waals surface area contributed by atoms with Crippen molar-refractivity contribution in [1.82, 2.24) is 20.0 Å². The molecule has 2 aliphatic rings. The van der Waals surface area contributed by atoms with Gasteiger partial charge in [-0.25, -0.2) is 4.79 Å². The van der Waals surface area contributed by atoms with Crippen molar-refractivity contribution >= 4 is 23.7 Å². The fourth-order valence-corrected chi connectivity index (χ4v) is 5.91. The van der Waals surface area contributed by atoms with E-state index in [1.165, 1.54) is 0 Å². The molecular formula is C32H56N4O5. The Labute approximate surface area is 248 Å². The third-order valence-electron chi connectivity index (χ3n) is 8.17. The largest absolute Gasteiger partial charge is 0.458 e. The number of hydrogen-bond donors (Lipinski definition) is 1. The van der Waals surface area contributed by atoms with E-state index in [-0.39, 0.29) is 53.7 Å². The SMILES string of the molecule is C/C(=C\[C@H](C(C)C)N(C)C(=O)[C@@H](NC(=O)[C@H]1CCCCN1C(C)C)C(C)C)C(=O)N1CCC[C@H]1C(=O)OC(C)(C)C. The number of amides is 3. The number of nitrogens with zero attached hydrogens (tertiary/aromatic N) is 3. The van der Waals surface area contributed by atoms with Gasteiger partial charge in [0.1, 0.15) is 17.7 Å². The number of likely N-dealkylation sites (tertiary alicyclic amines) is 2. The zero-order valence-electron chi connectivity index (χ0n) is 27.5. The summed E-state index contributed by atoms with van der Waals surface area (Å²) in [6, 6.07) is -1.63. The summed E-state index contributed by atoms with van der Waals surface area (Å²) >= 11 is 0. The summed E-state index contributed by atoms with van der Waals surface area (Å²) < 4.78 is 5.57. The Morgan fingerprint density at radius 2 is 1.51 bits per heavy atom. The number of carbonyl (C=O) groups excluding carboxylic acids is 4. The Balaban J connectivity index is 2.22. The van der Waals surface area contributed by atoms with Crippen LogP contribution in [0.1, 0.15) is 101 Å². The molecule has 0 bridgehead atoms. The van der Waals surface area contributed by atoms with Crippen LogP contribution in [0.3, 0.4) is 0 Å². The highest BCUT2D eigenvalue weighted by Crippen LogP contribution is 2.25. The summed E-state index contributed by atoms with van der Waals surface area (Å²) in [6.45, 7) is 20.7. The van der Waals surface area contributed by atoms with E-state index in [0.29, 0.717) is 18.5 Å². The zero-order valence-corrected chi connectivity index (χ0v) is 27.5. The second-order valence-electron chi connectivity index (χ2n) is 13.8. The van der Waals surface area contributed by atoms with Crippen molar-refractivity contribution < 1.29 is 23.9 Å². The number of nitrogens with one attached hydrogen (secondary N) is 1. The number of carbonyl (C=O) groups is 4. The molecular weight excluding hydrogens is 520 g/mol. The normalized spacial score (nSPS) is 22.2. The molecule has 9 nitrogen and oxygen atoms in total. The van der Waals surface area contributed by atoms with Crippen LogP contribution >= 0.6 is 0 Å². The van der Waals surface area contributed by atoms with Crippen molar-refractivity contribution in [3.8, 4) is 0 Å². The Morgan fingerprint density at radius 3 is 2.05 bits per heavy atom. The van der Waals surface area contributed by atoms with E-state index < -0.39 is 17.7 Å². The predicted molar refractivity (Wildman–Crippen MR) is 162 cm³/mol. The molecule has 0 radical (unpaired) electrons. The summed E-state index contributed by atoms with van der Waals surface area (Å²) in [6.07, 6.45) is 6.01. The standard InChI is InChI=1S/C32H56N4O5/c1-20(2)26(19-23(7)29(38)36-18-14-16-25(36)31(40)41-32(8,9)10)34(11)30(39)27(21(3)4)33-28(37)24-15-12-13-17-35(24)22(5)6/h19-22,24-27H,12-18H2,1-11H3,(H,33,37)/b23-19+/t24-,25+,26-,27+/m1/s1. The summed E-state index contributed by atoms with van der Waals surface area (Å²) in [5, 5.41) is 3.08. The van der Waals surface area contributed by atoms with E-state index in [1.807, 2.05) is 54.5 Å². The van der Waals surface area contributed by atoms with Crippen molar-refractivity contribution in [3.63, 3.8) is 0 Å². The highest BCUT2D eigenvalue weighted by Gasteiger charge is 2.39. The molecule has 2 heterocycles. The van der Waals surface area contributed by atoms with Gasteiger partial charge in [0.15, 0.2) is 0 Å². The smallest absolute Gasteiger partial charge is 0.329 e. The van der Waals surface area contributed by atoms with Gasteiger partial charge >= 0.3 is 5.97 Å². The monoisotopic (exact) mass is 576 g/mol. The maximum atomic E-state index is 13.9. The summed E-state index contributed by atoms with van der Waals surface area (Å²) in [5.41, 5.74) is -0.143. The van der Waals surface area contributed by atoms with Crippen LogP contribution in [0.15, 0.2) is 11.6 Å². The molecule has 0 aliphatic carbocycles. The first-order chi connectivity index (χ1) is 19.0. The number of ether oxygens (including phenoxy) is 1. The zero-order chi connectivity index (χ0) is 31.2. The van der Waals surface area contributed by atoms with Crippen LogP contribution in [-0.2, 0) is 23.9 Å². The lowest BCUT2D eigenvalue weighted by atomic mass is 9.95. The second kappa shape index (κ2) is 14.7. The average molecular weight is 577 g/mol. The fraction of sp³-hybridized carbons (Fsp3) is 0.812. The van der Waals surface area contributed by atoms with Crippen molar-refractivity contribution in [3.05, 3.63) is 11.6 Å². The minimum atomic E-state index is -0.677. The van der Waals surface area contributed by atoms with E-state index in [4.69, 9.17) is 4.74 Å². The topological polar surface area (TPSA) is 99.3 Å². The maximum Gasteiger partial charge on any atom is 0.329 e. The van der Waals surface area contributed by atoms with E-state index >= 15 is 0 Å². The predicted octanol–water partition coefficient (Wildman–Crippen LogP) is 4.15. The van der Waals surface area contributed by atoms with E-state index in [2.05, 4.69) is 24.1 Å². The van der Waals surface area contributed by atoms with Gasteiger partial charge < -0.3 is 19.9 Å². The summed E-state index contributed by atoms with van der Waals surface area (Å²) in [5.74, 6) is -0.959. The molecule has 0 unspecified atom stereocenters. The van der Waals surface area contributed by atoms with Gasteiger partial charge in [-0.05, 0) is 85.6 Å². The first kappa shape index (κ1) is 34.8. The Hall–Kier alpha value is -2.42. The van der Waals surface area contributed by atoms with Crippen LogP contribution in [0.2, 0.25) is 0 Å². The van der Waals surface area contributed by atoms with Gasteiger partial charge in [-0.15, -0.1) is 0 Å². The quantitative estimate of drug-likeness (QED) is 0.310. The molecule has 234 valence electrons. The third kappa shape index (κ3) is 9.29. The van der Waals surface area contributed by atoms with Crippen molar-refractivity contribution in [1.29, 1.82) is 0 Å². The fourth-order valence-electron chi connectivity index (χ4n) is 5.91. The molecule has 0 aromatic carbocycles. The molecule has 9 heteroatoms. The molecule has 0 aromatic heterocycles. The van der Waals surface area contributed by atoms with Crippen LogP contribution in [0.5, 0.6) is 0 Å². The minimum Gasteiger partial charge on any atom is -0.458 e. The van der Waals surface area contributed by atoms with Crippen molar-refractivity contribution in [2.45, 2.75) is 137 Å². The third-order valence-corrected chi connectivity index (χ3v) is 8.17. The lowest BCUT2D eigenvalue weighted by Gasteiger charge is -2.39. The highest BCUT2D eigenvalue weighted by molar-refractivity contribution is 5.96. The first-order valence-corrected chi connectivity index (χ1v) is 15.5. The van der Waals surface area contributed by atoms with E-state index in [0.717, 1.165) is 32.2 Å². The number of likely N-dealkylation sites (N-methyl/N-ethyl adjacent to an activating group) is 1. The minimum absolute atomic E-state index is 0.0187. The van der Waals surface area contributed by atoms with Gasteiger partial charge in [0.05, 0.1) is 12.1 Å². The molecule has 41 heavy (non-hydrogen) atoms. The molecule has 1 N–H and O–H groups in total. The Bertz CT molecular complexity index is 968. The molecule has 0 aromatic rings. The van der Waals surface area contributed by atoms with Gasteiger partial charge in [-0.1, -0.05) is 40.2 Å². The first-order valence-electron chi connectivity index (χ1n) is 15.5. The van der Waals surface area contributed by atoms with Crippen LogP contribution in [0.25, 0.3) is 0 Å². The van der Waals surface area contributed by atoms with Gasteiger partial charge in [-0.2, -0.15) is 0 Å². The van der Waals surface area contributed by atoms with Crippen LogP contribution in [0, 0.1) is 11.8 Å². The second-order valence-corrected chi connectivity index (χ2v) is 13.8. The van der Waals surface area contributed by atoms with Gasteiger partial charge in [0.25, 0.3) is 0 Å². The summed E-state index contributed by atoms with van der Waals surface area (Å²) in [7, 11) is 1.74. The number of esters is 1. The maximum absolute atomic E-state index is 13.9. The Kier molecular flexibility index (Phi) is 12.4. The lowest BCUT2D eigenvalue weighted by Crippen LogP contribution is -2.58. The molecule has 2 fully saturated rings. The molecule has 2 rings (SSSR count).